The van der Waals surface area contributed by atoms with Crippen molar-refractivity contribution in [3.05, 3.63) is 41.1 Å². The van der Waals surface area contributed by atoms with Crippen molar-refractivity contribution in [2.24, 2.45) is 12.8 Å². The molecule has 4 heteroatoms. The van der Waals surface area contributed by atoms with Crippen LogP contribution < -0.4 is 10.5 Å². The summed E-state index contributed by atoms with van der Waals surface area (Å²) in [6, 6.07) is 8.08. The third-order valence-corrected chi connectivity index (χ3v) is 3.01. The van der Waals surface area contributed by atoms with E-state index in [0.29, 0.717) is 6.54 Å². The van der Waals surface area contributed by atoms with E-state index in [-0.39, 0.29) is 0 Å². The number of nitrogens with zero attached hydrogens (tertiary/aromatic N) is 2. The molecule has 96 valence electrons. The summed E-state index contributed by atoms with van der Waals surface area (Å²) in [5.74, 6) is 1.55. The average Bonchev–Trinajstić information content (AvgIpc) is 2.64. The lowest BCUT2D eigenvalue weighted by Crippen LogP contribution is -2.01. The van der Waals surface area contributed by atoms with Gasteiger partial charge in [-0.3, -0.25) is 0 Å². The first kappa shape index (κ1) is 12.6. The Balaban J connectivity index is 2.33. The first-order valence-corrected chi connectivity index (χ1v) is 6.15. The van der Waals surface area contributed by atoms with Crippen LogP contribution in [-0.2, 0) is 20.0 Å². The van der Waals surface area contributed by atoms with Gasteiger partial charge in [0.1, 0.15) is 5.75 Å². The minimum absolute atomic E-state index is 0.433. The molecule has 0 aliphatic heterocycles. The van der Waals surface area contributed by atoms with E-state index in [2.05, 4.69) is 18.1 Å². The lowest BCUT2D eigenvalue weighted by Gasteiger charge is -2.08. The van der Waals surface area contributed by atoms with Gasteiger partial charge in [0.25, 0.3) is 0 Å². The highest BCUT2D eigenvalue weighted by Gasteiger charge is 2.13. The molecule has 0 aliphatic rings. The molecule has 0 unspecified atom stereocenters. The number of nitrogens with two attached hydrogens (primary N) is 1. The van der Waals surface area contributed by atoms with Crippen molar-refractivity contribution in [1.29, 1.82) is 0 Å². The monoisotopic (exact) mass is 245 g/mol. The van der Waals surface area contributed by atoms with Crippen molar-refractivity contribution < 1.29 is 4.74 Å². The molecule has 2 aromatic rings. The maximum atomic E-state index is 5.91. The number of ether oxygens (including phenoxy) is 1. The highest BCUT2D eigenvalue weighted by molar-refractivity contribution is 5.37. The van der Waals surface area contributed by atoms with E-state index in [1.807, 2.05) is 32.2 Å². The largest absolute Gasteiger partial charge is 0.439 e. The fourth-order valence-corrected chi connectivity index (χ4v) is 1.98. The topological polar surface area (TPSA) is 53.1 Å². The van der Waals surface area contributed by atoms with Crippen LogP contribution in [-0.4, -0.2) is 9.78 Å². The van der Waals surface area contributed by atoms with Crippen molar-refractivity contribution in [3.63, 3.8) is 0 Å². The fourth-order valence-electron chi connectivity index (χ4n) is 1.98. The van der Waals surface area contributed by atoms with Gasteiger partial charge in [0.2, 0.25) is 5.88 Å². The highest BCUT2D eigenvalue weighted by atomic mass is 16.5. The summed E-state index contributed by atoms with van der Waals surface area (Å²) in [5.41, 5.74) is 8.87. The van der Waals surface area contributed by atoms with Gasteiger partial charge in [-0.05, 0) is 31.0 Å². The first-order valence-electron chi connectivity index (χ1n) is 6.15. The SMILES string of the molecule is CCc1cccc(Oc2c(CN)c(C)nn2C)c1. The van der Waals surface area contributed by atoms with Gasteiger partial charge in [-0.15, -0.1) is 0 Å². The van der Waals surface area contributed by atoms with E-state index in [1.165, 1.54) is 5.56 Å². The number of aryl methyl sites for hydroxylation is 3. The molecule has 0 bridgehead atoms. The van der Waals surface area contributed by atoms with Gasteiger partial charge in [0, 0.05) is 13.6 Å². The van der Waals surface area contributed by atoms with Gasteiger partial charge >= 0.3 is 0 Å². The summed E-state index contributed by atoms with van der Waals surface area (Å²) in [4.78, 5) is 0. The van der Waals surface area contributed by atoms with E-state index in [0.717, 1.165) is 29.3 Å². The number of aromatic nitrogens is 2. The third kappa shape index (κ3) is 2.38. The van der Waals surface area contributed by atoms with Gasteiger partial charge < -0.3 is 10.5 Å². The van der Waals surface area contributed by atoms with Crippen LogP contribution in [0, 0.1) is 6.92 Å². The van der Waals surface area contributed by atoms with Gasteiger partial charge in [0.05, 0.1) is 11.3 Å². The molecule has 4 nitrogen and oxygen atoms in total. The van der Waals surface area contributed by atoms with Gasteiger partial charge in [-0.25, -0.2) is 4.68 Å². The second-order valence-electron chi connectivity index (χ2n) is 4.30. The number of hydrogen-bond donors (Lipinski definition) is 1. The summed E-state index contributed by atoms with van der Waals surface area (Å²) in [7, 11) is 1.87. The molecule has 0 saturated carbocycles. The summed E-state index contributed by atoms with van der Waals surface area (Å²) in [6.07, 6.45) is 0.991. The normalized spacial score (nSPS) is 10.7. The number of hydrogen-bond acceptors (Lipinski definition) is 3. The maximum Gasteiger partial charge on any atom is 0.222 e. The average molecular weight is 245 g/mol. The summed E-state index contributed by atoms with van der Waals surface area (Å²) in [6.45, 7) is 4.50. The summed E-state index contributed by atoms with van der Waals surface area (Å²) < 4.78 is 7.65. The molecular formula is C14H19N3O. The Kier molecular flexibility index (Phi) is 3.67. The molecule has 0 radical (unpaired) electrons. The van der Waals surface area contributed by atoms with Gasteiger partial charge in [-0.2, -0.15) is 5.10 Å². The Morgan fingerprint density at radius 3 is 2.83 bits per heavy atom. The number of rotatable bonds is 4. The quantitative estimate of drug-likeness (QED) is 0.900. The molecule has 2 rings (SSSR count). The molecule has 1 aromatic heterocycles. The van der Waals surface area contributed by atoms with Gasteiger partial charge in [0.15, 0.2) is 0 Å². The lowest BCUT2D eigenvalue weighted by molar-refractivity contribution is 0.425. The molecule has 0 aliphatic carbocycles. The summed E-state index contributed by atoms with van der Waals surface area (Å²) in [5, 5.41) is 4.33. The van der Waals surface area contributed by atoms with Crippen LogP contribution in [0.25, 0.3) is 0 Å². The van der Waals surface area contributed by atoms with E-state index < -0.39 is 0 Å². The molecule has 18 heavy (non-hydrogen) atoms. The maximum absolute atomic E-state index is 5.91. The molecule has 0 spiro atoms. The van der Waals surface area contributed by atoms with Crippen molar-refractivity contribution in [1.82, 2.24) is 9.78 Å². The summed E-state index contributed by atoms with van der Waals surface area (Å²) >= 11 is 0. The third-order valence-electron chi connectivity index (χ3n) is 3.01. The van der Waals surface area contributed by atoms with Crippen LogP contribution in [0.2, 0.25) is 0 Å². The Labute approximate surface area is 107 Å². The van der Waals surface area contributed by atoms with E-state index in [9.17, 15) is 0 Å². The minimum atomic E-state index is 0.433. The molecule has 0 fully saturated rings. The second kappa shape index (κ2) is 5.23. The Morgan fingerprint density at radius 1 is 1.39 bits per heavy atom. The molecule has 2 N–H and O–H groups in total. The van der Waals surface area contributed by atoms with Crippen molar-refractivity contribution in [2.75, 3.05) is 0 Å². The zero-order chi connectivity index (χ0) is 13.1. The Morgan fingerprint density at radius 2 is 2.17 bits per heavy atom. The smallest absolute Gasteiger partial charge is 0.222 e. The second-order valence-corrected chi connectivity index (χ2v) is 4.30. The molecule has 0 atom stereocenters. The minimum Gasteiger partial charge on any atom is -0.439 e. The molecule has 0 saturated heterocycles. The van der Waals surface area contributed by atoms with E-state index in [4.69, 9.17) is 10.5 Å². The van der Waals surface area contributed by atoms with Crippen LogP contribution in [0.4, 0.5) is 0 Å². The molecule has 0 amide bonds. The van der Waals surface area contributed by atoms with Crippen LogP contribution in [0.1, 0.15) is 23.7 Å². The zero-order valence-electron chi connectivity index (χ0n) is 11.1. The predicted molar refractivity (Wildman–Crippen MR) is 71.7 cm³/mol. The van der Waals surface area contributed by atoms with Crippen LogP contribution in [0.15, 0.2) is 24.3 Å². The predicted octanol–water partition coefficient (Wildman–Crippen LogP) is 2.54. The van der Waals surface area contributed by atoms with Crippen molar-refractivity contribution >= 4 is 0 Å². The van der Waals surface area contributed by atoms with Gasteiger partial charge in [-0.1, -0.05) is 19.1 Å². The molecular weight excluding hydrogens is 226 g/mol. The molecule has 1 aromatic carbocycles. The fraction of sp³-hybridized carbons (Fsp3) is 0.357. The van der Waals surface area contributed by atoms with Crippen molar-refractivity contribution in [3.8, 4) is 11.6 Å². The van der Waals surface area contributed by atoms with Crippen molar-refractivity contribution in [2.45, 2.75) is 26.8 Å². The Bertz CT molecular complexity index is 546. The lowest BCUT2D eigenvalue weighted by atomic mass is 10.2. The van der Waals surface area contributed by atoms with E-state index >= 15 is 0 Å². The molecule has 1 heterocycles. The standard InChI is InChI=1S/C14H19N3O/c1-4-11-6-5-7-12(8-11)18-14-13(9-15)10(2)16-17(14)3/h5-8H,4,9,15H2,1-3H3. The van der Waals surface area contributed by atoms with Crippen LogP contribution in [0.3, 0.4) is 0 Å². The zero-order valence-corrected chi connectivity index (χ0v) is 11.1. The Hall–Kier alpha value is -1.81. The number of benzene rings is 1. The first-order chi connectivity index (χ1) is 8.65. The van der Waals surface area contributed by atoms with Crippen LogP contribution >= 0.6 is 0 Å². The van der Waals surface area contributed by atoms with E-state index in [1.54, 1.807) is 4.68 Å². The van der Waals surface area contributed by atoms with Crippen LogP contribution in [0.5, 0.6) is 11.6 Å². The highest BCUT2D eigenvalue weighted by Crippen LogP contribution is 2.27.